The van der Waals surface area contributed by atoms with E-state index in [1.165, 1.54) is 0 Å². The molecule has 2 atom stereocenters. The Bertz CT molecular complexity index is 693. The van der Waals surface area contributed by atoms with Crippen molar-refractivity contribution < 1.29 is 19.8 Å². The highest BCUT2D eigenvalue weighted by molar-refractivity contribution is 5.94. The number of carbonyl (C=O) groups is 2. The van der Waals surface area contributed by atoms with E-state index in [1.807, 2.05) is 24.3 Å². The molecule has 1 aliphatic heterocycles. The minimum atomic E-state index is -1.67. The Labute approximate surface area is 114 Å². The second-order valence-corrected chi connectivity index (χ2v) is 5.14. The normalized spacial score (nSPS) is 25.9. The zero-order valence-electron chi connectivity index (χ0n) is 10.6. The van der Waals surface area contributed by atoms with Crippen LogP contribution in [0.1, 0.15) is 12.0 Å². The molecular formula is C14H14N2O4. The van der Waals surface area contributed by atoms with Crippen molar-refractivity contribution in [2.75, 3.05) is 0 Å². The number of carboxylic acids is 1. The lowest BCUT2D eigenvalue weighted by Gasteiger charge is -2.18. The fourth-order valence-electron chi connectivity index (χ4n) is 2.67. The van der Waals surface area contributed by atoms with Gasteiger partial charge in [0.05, 0.1) is 0 Å². The fourth-order valence-corrected chi connectivity index (χ4v) is 2.67. The van der Waals surface area contributed by atoms with Crippen LogP contribution in [-0.2, 0) is 16.0 Å². The summed E-state index contributed by atoms with van der Waals surface area (Å²) in [5.74, 6) is -1.76. The highest BCUT2D eigenvalue weighted by atomic mass is 16.4. The maximum Gasteiger partial charge on any atom is 0.326 e. The van der Waals surface area contributed by atoms with Crippen LogP contribution in [-0.4, -0.2) is 38.7 Å². The van der Waals surface area contributed by atoms with Crippen LogP contribution in [0.25, 0.3) is 10.9 Å². The number of para-hydroxylation sites is 1. The van der Waals surface area contributed by atoms with Gasteiger partial charge in [0.15, 0.2) is 0 Å². The molecule has 4 N–H and O–H groups in total. The van der Waals surface area contributed by atoms with E-state index in [9.17, 15) is 14.7 Å². The van der Waals surface area contributed by atoms with E-state index < -0.39 is 23.5 Å². The fraction of sp³-hybridized carbons (Fsp3) is 0.286. The summed E-state index contributed by atoms with van der Waals surface area (Å²) >= 11 is 0. The first-order chi connectivity index (χ1) is 9.49. The minimum Gasteiger partial charge on any atom is -0.480 e. The molecule has 1 fully saturated rings. The lowest BCUT2D eigenvalue weighted by atomic mass is 9.91. The molecule has 1 amide bonds. The van der Waals surface area contributed by atoms with Crippen LogP contribution in [0.4, 0.5) is 0 Å². The molecule has 3 rings (SSSR count). The second-order valence-electron chi connectivity index (χ2n) is 5.14. The van der Waals surface area contributed by atoms with Crippen LogP contribution in [0.15, 0.2) is 30.5 Å². The summed E-state index contributed by atoms with van der Waals surface area (Å²) in [5, 5.41) is 22.6. The van der Waals surface area contributed by atoms with Crippen LogP contribution in [0.3, 0.4) is 0 Å². The molecule has 6 nitrogen and oxygen atoms in total. The van der Waals surface area contributed by atoms with Gasteiger partial charge in [-0.1, -0.05) is 18.2 Å². The molecule has 1 aliphatic rings. The van der Waals surface area contributed by atoms with Crippen molar-refractivity contribution in [2.24, 2.45) is 0 Å². The summed E-state index contributed by atoms with van der Waals surface area (Å²) in [4.78, 5) is 25.8. The molecule has 1 aromatic carbocycles. The Morgan fingerprint density at radius 1 is 1.40 bits per heavy atom. The molecule has 0 aliphatic carbocycles. The first-order valence-electron chi connectivity index (χ1n) is 6.31. The number of aromatic nitrogens is 1. The predicted molar refractivity (Wildman–Crippen MR) is 71.1 cm³/mol. The van der Waals surface area contributed by atoms with Crippen molar-refractivity contribution in [1.29, 1.82) is 0 Å². The molecule has 0 radical (unpaired) electrons. The minimum absolute atomic E-state index is 0.0899. The SMILES string of the molecule is O=C(O)C1CC(O)(Cc2c[nH]c3ccccc23)C(=O)N1. The molecule has 2 unspecified atom stereocenters. The Kier molecular flexibility index (Phi) is 2.76. The number of amides is 1. The van der Waals surface area contributed by atoms with Crippen molar-refractivity contribution in [3.05, 3.63) is 36.0 Å². The standard InChI is InChI=1S/C14H14N2O4/c17-12(18)11-6-14(20,13(19)16-11)5-8-7-15-10-4-2-1-3-9(8)10/h1-4,7,11,15,20H,5-6H2,(H,16,19)(H,17,18). The monoisotopic (exact) mass is 274 g/mol. The Morgan fingerprint density at radius 3 is 2.85 bits per heavy atom. The molecule has 104 valence electrons. The van der Waals surface area contributed by atoms with Gasteiger partial charge in [0, 0.05) is 29.9 Å². The zero-order valence-corrected chi connectivity index (χ0v) is 10.6. The number of nitrogens with one attached hydrogen (secondary N) is 2. The number of aliphatic hydroxyl groups is 1. The largest absolute Gasteiger partial charge is 0.480 e. The number of hydrogen-bond donors (Lipinski definition) is 4. The van der Waals surface area contributed by atoms with Crippen molar-refractivity contribution >= 4 is 22.8 Å². The summed E-state index contributed by atoms with van der Waals surface area (Å²) in [6.07, 6.45) is 1.71. The quantitative estimate of drug-likeness (QED) is 0.651. The highest BCUT2D eigenvalue weighted by Gasteiger charge is 2.48. The van der Waals surface area contributed by atoms with Crippen molar-refractivity contribution in [3.8, 4) is 0 Å². The van der Waals surface area contributed by atoms with E-state index in [2.05, 4.69) is 10.3 Å². The smallest absolute Gasteiger partial charge is 0.326 e. The molecular weight excluding hydrogens is 260 g/mol. The van der Waals surface area contributed by atoms with Gasteiger partial charge in [0.1, 0.15) is 11.6 Å². The van der Waals surface area contributed by atoms with Crippen LogP contribution < -0.4 is 5.32 Å². The summed E-state index contributed by atoms with van der Waals surface area (Å²) in [6, 6.07) is 6.53. The lowest BCUT2D eigenvalue weighted by molar-refractivity contribution is -0.140. The maximum atomic E-state index is 11.8. The van der Waals surface area contributed by atoms with Crippen LogP contribution in [0, 0.1) is 0 Å². The van der Waals surface area contributed by atoms with Gasteiger partial charge in [-0.15, -0.1) is 0 Å². The van der Waals surface area contributed by atoms with Gasteiger partial charge in [-0.2, -0.15) is 0 Å². The van der Waals surface area contributed by atoms with E-state index in [0.29, 0.717) is 0 Å². The first kappa shape index (κ1) is 12.7. The average molecular weight is 274 g/mol. The molecule has 0 spiro atoms. The molecule has 6 heteroatoms. The van der Waals surface area contributed by atoms with Crippen LogP contribution >= 0.6 is 0 Å². The van der Waals surface area contributed by atoms with Gasteiger partial charge in [-0.25, -0.2) is 4.79 Å². The topological polar surface area (TPSA) is 102 Å². The second kappa shape index (κ2) is 4.35. The van der Waals surface area contributed by atoms with Gasteiger partial charge in [-0.3, -0.25) is 4.79 Å². The summed E-state index contributed by atoms with van der Waals surface area (Å²) < 4.78 is 0. The van der Waals surface area contributed by atoms with E-state index in [4.69, 9.17) is 5.11 Å². The first-order valence-corrected chi connectivity index (χ1v) is 6.31. The number of carbonyl (C=O) groups excluding carboxylic acids is 1. The van der Waals surface area contributed by atoms with Gasteiger partial charge in [0.2, 0.25) is 0 Å². The van der Waals surface area contributed by atoms with Crippen molar-refractivity contribution in [2.45, 2.75) is 24.5 Å². The summed E-state index contributed by atoms with van der Waals surface area (Å²) in [6.45, 7) is 0. The number of benzene rings is 1. The van der Waals surface area contributed by atoms with Gasteiger partial charge in [0.25, 0.3) is 5.91 Å². The lowest BCUT2D eigenvalue weighted by Crippen LogP contribution is -2.40. The molecule has 20 heavy (non-hydrogen) atoms. The van der Waals surface area contributed by atoms with Gasteiger partial charge in [-0.05, 0) is 11.6 Å². The number of fused-ring (bicyclic) bond motifs is 1. The number of carboxylic acid groups (broad SMARTS) is 1. The number of rotatable bonds is 3. The Morgan fingerprint density at radius 2 is 2.15 bits per heavy atom. The Balaban J connectivity index is 1.90. The molecule has 0 bridgehead atoms. The van der Waals surface area contributed by atoms with Crippen LogP contribution in [0.5, 0.6) is 0 Å². The van der Waals surface area contributed by atoms with E-state index in [0.717, 1.165) is 16.5 Å². The third-order valence-corrected chi connectivity index (χ3v) is 3.73. The van der Waals surface area contributed by atoms with Crippen LogP contribution in [0.2, 0.25) is 0 Å². The van der Waals surface area contributed by atoms with E-state index >= 15 is 0 Å². The van der Waals surface area contributed by atoms with Gasteiger partial charge >= 0.3 is 5.97 Å². The third kappa shape index (κ3) is 1.94. The molecule has 2 aromatic rings. The number of H-pyrrole nitrogens is 1. The van der Waals surface area contributed by atoms with E-state index in [1.54, 1.807) is 6.20 Å². The maximum absolute atomic E-state index is 11.8. The molecule has 0 saturated carbocycles. The van der Waals surface area contributed by atoms with Crippen molar-refractivity contribution in [3.63, 3.8) is 0 Å². The summed E-state index contributed by atoms with van der Waals surface area (Å²) in [5.41, 5.74) is 0.0390. The predicted octanol–water partition coefficient (Wildman–Crippen LogP) is 0.415. The highest BCUT2D eigenvalue weighted by Crippen LogP contribution is 2.28. The van der Waals surface area contributed by atoms with Crippen molar-refractivity contribution in [1.82, 2.24) is 10.3 Å². The molecule has 1 aromatic heterocycles. The third-order valence-electron chi connectivity index (χ3n) is 3.73. The number of aliphatic carboxylic acids is 1. The van der Waals surface area contributed by atoms with E-state index in [-0.39, 0.29) is 12.8 Å². The number of aromatic amines is 1. The molecule has 1 saturated heterocycles. The summed E-state index contributed by atoms with van der Waals surface area (Å²) in [7, 11) is 0. The van der Waals surface area contributed by atoms with Gasteiger partial charge < -0.3 is 20.5 Å². The molecule has 2 heterocycles. The Hall–Kier alpha value is -2.34. The zero-order chi connectivity index (χ0) is 14.3. The average Bonchev–Trinajstić information content (AvgIpc) is 2.93. The number of hydrogen-bond acceptors (Lipinski definition) is 3.